The second kappa shape index (κ2) is 10.3. The molecule has 0 aromatic carbocycles. The second-order valence-corrected chi connectivity index (χ2v) is 4.67. The van der Waals surface area contributed by atoms with Gasteiger partial charge in [0.15, 0.2) is 10.2 Å². The van der Waals surface area contributed by atoms with E-state index in [0.717, 1.165) is 24.6 Å². The Bertz CT molecular complexity index is 178. The molecule has 0 fully saturated rings. The van der Waals surface area contributed by atoms with Crippen LogP contribution >= 0.6 is 36.2 Å². The van der Waals surface area contributed by atoms with Crippen LogP contribution in [0.15, 0.2) is 0 Å². The summed E-state index contributed by atoms with van der Waals surface area (Å²) >= 11 is 11.7. The van der Waals surface area contributed by atoms with E-state index in [2.05, 4.69) is 21.3 Å². The van der Waals surface area contributed by atoms with Crippen molar-refractivity contribution in [3.05, 3.63) is 0 Å². The normalized spacial score (nSPS) is 9.20. The highest BCUT2D eigenvalue weighted by atomic mass is 32.2. The first-order chi connectivity index (χ1) is 7.20. The Balaban J connectivity index is 3.11. The zero-order chi connectivity index (χ0) is 11.5. The standard InChI is InChI=1S/C8H18N4S3/c1-9-7(13)11-3-5-15-6-4-12-8(14)10-2/h3-6H2,1-2H3,(H2,9,11,13)(H2,10,12,14). The van der Waals surface area contributed by atoms with Gasteiger partial charge in [-0.1, -0.05) is 0 Å². The molecule has 0 unspecified atom stereocenters. The highest BCUT2D eigenvalue weighted by molar-refractivity contribution is 7.99. The Kier molecular flexibility index (Phi) is 10.1. The van der Waals surface area contributed by atoms with Gasteiger partial charge in [-0.2, -0.15) is 11.8 Å². The molecular weight excluding hydrogens is 248 g/mol. The second-order valence-electron chi connectivity index (χ2n) is 2.62. The molecule has 0 aliphatic carbocycles. The lowest BCUT2D eigenvalue weighted by molar-refractivity contribution is 0.929. The van der Waals surface area contributed by atoms with Crippen LogP contribution in [0.5, 0.6) is 0 Å². The Morgan fingerprint density at radius 3 is 1.67 bits per heavy atom. The fourth-order valence-electron chi connectivity index (χ4n) is 0.752. The van der Waals surface area contributed by atoms with E-state index in [9.17, 15) is 0 Å². The van der Waals surface area contributed by atoms with Gasteiger partial charge in [0.25, 0.3) is 0 Å². The summed E-state index contributed by atoms with van der Waals surface area (Å²) in [5, 5.41) is 13.3. The highest BCUT2D eigenvalue weighted by Gasteiger charge is 1.93. The van der Waals surface area contributed by atoms with E-state index in [4.69, 9.17) is 24.4 Å². The van der Waals surface area contributed by atoms with E-state index in [1.165, 1.54) is 0 Å². The third kappa shape index (κ3) is 10.0. The van der Waals surface area contributed by atoms with Gasteiger partial charge < -0.3 is 21.3 Å². The van der Waals surface area contributed by atoms with Crippen LogP contribution in [0.2, 0.25) is 0 Å². The molecule has 0 spiro atoms. The van der Waals surface area contributed by atoms with Crippen LogP contribution in [0.25, 0.3) is 0 Å². The van der Waals surface area contributed by atoms with Gasteiger partial charge in [-0.3, -0.25) is 0 Å². The van der Waals surface area contributed by atoms with Gasteiger partial charge in [0.2, 0.25) is 0 Å². The highest BCUT2D eigenvalue weighted by Crippen LogP contribution is 1.95. The summed E-state index contributed by atoms with van der Waals surface area (Å²) in [5.74, 6) is 2.08. The molecule has 88 valence electrons. The van der Waals surface area contributed by atoms with Crippen LogP contribution in [-0.2, 0) is 0 Å². The van der Waals surface area contributed by atoms with Crippen molar-refractivity contribution >= 4 is 46.4 Å². The Morgan fingerprint density at radius 1 is 0.933 bits per heavy atom. The molecule has 4 N–H and O–H groups in total. The Morgan fingerprint density at radius 2 is 1.33 bits per heavy atom. The van der Waals surface area contributed by atoms with E-state index in [-0.39, 0.29) is 0 Å². The summed E-state index contributed by atoms with van der Waals surface area (Å²) in [4.78, 5) is 0. The third-order valence-corrected chi connectivity index (χ3v) is 3.20. The van der Waals surface area contributed by atoms with E-state index < -0.39 is 0 Å². The third-order valence-electron chi connectivity index (χ3n) is 1.52. The first kappa shape index (κ1) is 14.7. The average molecular weight is 266 g/mol. The zero-order valence-corrected chi connectivity index (χ0v) is 11.5. The number of thiocarbonyl (C=S) groups is 2. The number of hydrogen-bond acceptors (Lipinski definition) is 3. The number of thioether (sulfide) groups is 1. The number of rotatable bonds is 6. The lowest BCUT2D eigenvalue weighted by Gasteiger charge is -2.08. The SMILES string of the molecule is CNC(=S)NCCSCCNC(=S)NC. The lowest BCUT2D eigenvalue weighted by atomic mass is 10.7. The van der Waals surface area contributed by atoms with Crippen molar-refractivity contribution in [2.24, 2.45) is 0 Å². The maximum Gasteiger partial charge on any atom is 0.166 e. The van der Waals surface area contributed by atoms with Crippen LogP contribution < -0.4 is 21.3 Å². The molecule has 0 amide bonds. The monoisotopic (exact) mass is 266 g/mol. The summed E-state index contributed by atoms with van der Waals surface area (Å²) < 4.78 is 0. The topological polar surface area (TPSA) is 48.1 Å². The summed E-state index contributed by atoms with van der Waals surface area (Å²) in [6.07, 6.45) is 0. The van der Waals surface area contributed by atoms with Gasteiger partial charge >= 0.3 is 0 Å². The van der Waals surface area contributed by atoms with Gasteiger partial charge in [0.1, 0.15) is 0 Å². The fourth-order valence-corrected chi connectivity index (χ4v) is 1.65. The fraction of sp³-hybridized carbons (Fsp3) is 0.750. The van der Waals surface area contributed by atoms with Gasteiger partial charge in [-0.25, -0.2) is 0 Å². The van der Waals surface area contributed by atoms with Gasteiger partial charge in [0, 0.05) is 38.7 Å². The molecule has 0 aromatic heterocycles. The van der Waals surface area contributed by atoms with Gasteiger partial charge in [-0.15, -0.1) is 0 Å². The molecule has 0 saturated carbocycles. The van der Waals surface area contributed by atoms with Crippen molar-refractivity contribution in [2.75, 3.05) is 38.7 Å². The van der Waals surface area contributed by atoms with Crippen molar-refractivity contribution in [1.82, 2.24) is 21.3 Å². The molecule has 0 radical (unpaired) electrons. The minimum Gasteiger partial charge on any atom is -0.366 e. The van der Waals surface area contributed by atoms with Crippen molar-refractivity contribution < 1.29 is 0 Å². The molecule has 0 aromatic rings. The molecule has 15 heavy (non-hydrogen) atoms. The Hall–Kier alpha value is -0.270. The molecule has 0 atom stereocenters. The van der Waals surface area contributed by atoms with Crippen LogP contribution in [0.4, 0.5) is 0 Å². The average Bonchev–Trinajstić information content (AvgIpc) is 2.26. The van der Waals surface area contributed by atoms with E-state index >= 15 is 0 Å². The van der Waals surface area contributed by atoms with Crippen LogP contribution in [0.3, 0.4) is 0 Å². The quantitative estimate of drug-likeness (QED) is 0.396. The maximum absolute atomic E-state index is 4.94. The summed E-state index contributed by atoms with van der Waals surface area (Å²) in [6.45, 7) is 1.78. The van der Waals surface area contributed by atoms with E-state index in [1.54, 1.807) is 0 Å². The first-order valence-electron chi connectivity index (χ1n) is 4.69. The van der Waals surface area contributed by atoms with Crippen LogP contribution in [0, 0.1) is 0 Å². The van der Waals surface area contributed by atoms with Crippen molar-refractivity contribution in [2.45, 2.75) is 0 Å². The predicted molar refractivity (Wildman–Crippen MR) is 76.6 cm³/mol. The smallest absolute Gasteiger partial charge is 0.166 e. The summed E-state index contributed by atoms with van der Waals surface area (Å²) in [5.41, 5.74) is 0. The zero-order valence-electron chi connectivity index (χ0n) is 9.05. The molecule has 0 saturated heterocycles. The summed E-state index contributed by atoms with van der Waals surface area (Å²) in [7, 11) is 3.62. The van der Waals surface area contributed by atoms with E-state index in [0.29, 0.717) is 10.2 Å². The molecule has 0 bridgehead atoms. The molecule has 0 rings (SSSR count). The molecule has 0 heterocycles. The maximum atomic E-state index is 4.94. The number of nitrogens with one attached hydrogen (secondary N) is 4. The summed E-state index contributed by atoms with van der Waals surface area (Å²) in [6, 6.07) is 0. The molecule has 0 aliphatic rings. The van der Waals surface area contributed by atoms with E-state index in [1.807, 2.05) is 25.9 Å². The van der Waals surface area contributed by atoms with Crippen molar-refractivity contribution in [1.29, 1.82) is 0 Å². The number of hydrogen-bond donors (Lipinski definition) is 4. The Labute approximate surface area is 106 Å². The minimum absolute atomic E-state index is 0.699. The lowest BCUT2D eigenvalue weighted by Crippen LogP contribution is -2.35. The van der Waals surface area contributed by atoms with Crippen LogP contribution in [0.1, 0.15) is 0 Å². The van der Waals surface area contributed by atoms with Gasteiger partial charge in [0.05, 0.1) is 0 Å². The minimum atomic E-state index is 0.699. The van der Waals surface area contributed by atoms with Crippen molar-refractivity contribution in [3.8, 4) is 0 Å². The molecular formula is C8H18N4S3. The molecule has 7 heteroatoms. The van der Waals surface area contributed by atoms with Crippen LogP contribution in [-0.4, -0.2) is 48.9 Å². The largest absolute Gasteiger partial charge is 0.366 e. The van der Waals surface area contributed by atoms with Crippen molar-refractivity contribution in [3.63, 3.8) is 0 Å². The predicted octanol–water partition coefficient (Wildman–Crippen LogP) is -0.0926. The van der Waals surface area contributed by atoms with Gasteiger partial charge in [-0.05, 0) is 24.4 Å². The first-order valence-corrected chi connectivity index (χ1v) is 6.66. The molecule has 4 nitrogen and oxygen atoms in total. The molecule has 0 aliphatic heterocycles.